The summed E-state index contributed by atoms with van der Waals surface area (Å²) in [5.74, 6) is -0.515. The molecule has 178 valence electrons. The van der Waals surface area contributed by atoms with Crippen molar-refractivity contribution in [3.05, 3.63) is 76.3 Å². The van der Waals surface area contributed by atoms with Crippen molar-refractivity contribution in [1.82, 2.24) is 24.8 Å². The minimum Gasteiger partial charge on any atom is -0.406 e. The molecule has 8 nitrogen and oxygen atoms in total. The summed E-state index contributed by atoms with van der Waals surface area (Å²) in [4.78, 5) is 26.2. The summed E-state index contributed by atoms with van der Waals surface area (Å²) in [6.07, 6.45) is -1.88. The van der Waals surface area contributed by atoms with Crippen LogP contribution in [0.1, 0.15) is 40.3 Å². The van der Waals surface area contributed by atoms with E-state index in [1.54, 1.807) is 29.8 Å². The minimum atomic E-state index is -4.93. The van der Waals surface area contributed by atoms with Gasteiger partial charge < -0.3 is 10.1 Å². The molecular formula is C23H16ClF3N6O2. The SMILES string of the molecule is Cc1cnc2c(c1)nc(C(C)NC(=O)c1cc(Cl)cc(OC(F)(F)F)c1)n2-c1ccc(C#N)cn1. The Labute approximate surface area is 202 Å². The highest BCUT2D eigenvalue weighted by atomic mass is 35.5. The number of benzene rings is 1. The first kappa shape index (κ1) is 24.0. The van der Waals surface area contributed by atoms with Crippen molar-refractivity contribution in [3.63, 3.8) is 0 Å². The van der Waals surface area contributed by atoms with Crippen LogP contribution < -0.4 is 10.1 Å². The van der Waals surface area contributed by atoms with E-state index in [2.05, 4.69) is 25.0 Å². The molecule has 0 aliphatic carbocycles. The van der Waals surface area contributed by atoms with Gasteiger partial charge in [0.2, 0.25) is 0 Å². The van der Waals surface area contributed by atoms with Gasteiger partial charge in [0, 0.05) is 23.0 Å². The molecule has 0 radical (unpaired) electrons. The lowest BCUT2D eigenvalue weighted by atomic mass is 10.2. The predicted octanol–water partition coefficient (Wildman–Crippen LogP) is 5.04. The normalized spacial score (nSPS) is 12.3. The molecule has 4 aromatic rings. The van der Waals surface area contributed by atoms with Gasteiger partial charge in [-0.15, -0.1) is 13.2 Å². The van der Waals surface area contributed by atoms with E-state index in [0.717, 1.165) is 17.7 Å². The number of amides is 1. The number of nitrogens with zero attached hydrogens (tertiary/aromatic N) is 5. The van der Waals surface area contributed by atoms with Crippen molar-refractivity contribution < 1.29 is 22.7 Å². The highest BCUT2D eigenvalue weighted by Crippen LogP contribution is 2.28. The Hall–Kier alpha value is -4.17. The van der Waals surface area contributed by atoms with E-state index in [4.69, 9.17) is 16.9 Å². The summed E-state index contributed by atoms with van der Waals surface area (Å²) in [6.45, 7) is 3.51. The van der Waals surface area contributed by atoms with Crippen LogP contribution in [0, 0.1) is 18.3 Å². The number of pyridine rings is 2. The van der Waals surface area contributed by atoms with E-state index >= 15 is 0 Å². The molecule has 1 amide bonds. The summed E-state index contributed by atoms with van der Waals surface area (Å²) in [6, 6.07) is 9.43. The average molecular weight is 501 g/mol. The number of carbonyl (C=O) groups excluding carboxylic acids is 1. The van der Waals surface area contributed by atoms with Gasteiger partial charge in [0.15, 0.2) is 5.65 Å². The molecule has 0 fully saturated rings. The van der Waals surface area contributed by atoms with E-state index in [-0.39, 0.29) is 10.6 Å². The van der Waals surface area contributed by atoms with Gasteiger partial charge in [-0.2, -0.15) is 5.26 Å². The van der Waals surface area contributed by atoms with Crippen LogP contribution in [0.5, 0.6) is 5.75 Å². The van der Waals surface area contributed by atoms with Crippen molar-refractivity contribution in [3.8, 4) is 17.6 Å². The Morgan fingerprint density at radius 3 is 2.63 bits per heavy atom. The van der Waals surface area contributed by atoms with Gasteiger partial charge in [0.1, 0.15) is 29.0 Å². The van der Waals surface area contributed by atoms with Gasteiger partial charge in [-0.05, 0) is 55.8 Å². The fourth-order valence-corrected chi connectivity index (χ4v) is 3.64. The summed E-state index contributed by atoms with van der Waals surface area (Å²) in [7, 11) is 0. The van der Waals surface area contributed by atoms with Gasteiger partial charge in [-0.3, -0.25) is 9.36 Å². The number of aryl methyl sites for hydroxylation is 1. The largest absolute Gasteiger partial charge is 0.573 e. The Morgan fingerprint density at radius 1 is 1.20 bits per heavy atom. The van der Waals surface area contributed by atoms with Gasteiger partial charge in [-0.25, -0.2) is 15.0 Å². The van der Waals surface area contributed by atoms with Crippen molar-refractivity contribution in [2.45, 2.75) is 26.3 Å². The molecule has 4 rings (SSSR count). The Bertz CT molecular complexity index is 1460. The van der Waals surface area contributed by atoms with Crippen LogP contribution in [0.2, 0.25) is 5.02 Å². The minimum absolute atomic E-state index is 0.0988. The Morgan fingerprint density at radius 2 is 1.97 bits per heavy atom. The molecule has 0 spiro atoms. The van der Waals surface area contributed by atoms with E-state index in [0.29, 0.717) is 28.4 Å². The molecule has 1 aromatic carbocycles. The smallest absolute Gasteiger partial charge is 0.406 e. The monoisotopic (exact) mass is 500 g/mol. The van der Waals surface area contributed by atoms with E-state index in [9.17, 15) is 18.0 Å². The number of nitriles is 1. The summed E-state index contributed by atoms with van der Waals surface area (Å²) in [5, 5.41) is 11.7. The first-order valence-corrected chi connectivity index (χ1v) is 10.5. The topological polar surface area (TPSA) is 106 Å². The second kappa shape index (κ2) is 9.23. The van der Waals surface area contributed by atoms with Crippen molar-refractivity contribution >= 4 is 28.7 Å². The van der Waals surface area contributed by atoms with E-state index in [1.807, 2.05) is 19.1 Å². The molecule has 0 saturated heterocycles. The van der Waals surface area contributed by atoms with E-state index < -0.39 is 24.1 Å². The van der Waals surface area contributed by atoms with Gasteiger partial charge in [0.05, 0.1) is 11.6 Å². The second-order valence-electron chi connectivity index (χ2n) is 7.60. The quantitative estimate of drug-likeness (QED) is 0.411. The third-order valence-corrected chi connectivity index (χ3v) is 5.09. The summed E-state index contributed by atoms with van der Waals surface area (Å²) >= 11 is 5.89. The highest BCUT2D eigenvalue weighted by Gasteiger charge is 2.31. The zero-order valence-electron chi connectivity index (χ0n) is 18.3. The number of rotatable bonds is 5. The fraction of sp³-hybridized carbons (Fsp3) is 0.174. The van der Waals surface area contributed by atoms with Crippen LogP contribution in [-0.2, 0) is 0 Å². The lowest BCUT2D eigenvalue weighted by molar-refractivity contribution is -0.274. The first-order valence-electron chi connectivity index (χ1n) is 10.1. The Kier molecular flexibility index (Phi) is 6.32. The summed E-state index contributed by atoms with van der Waals surface area (Å²) in [5.41, 5.74) is 2.14. The van der Waals surface area contributed by atoms with Crippen LogP contribution in [0.15, 0.2) is 48.8 Å². The number of aromatic nitrogens is 4. The standard InChI is InChI=1S/C23H16ClF3N6O2/c1-12-5-18-21(30-10-12)33(19-4-3-14(9-28)11-29-19)20(32-18)13(2)31-22(34)15-6-16(24)8-17(7-15)35-23(25,26)27/h3-8,10-11,13H,1-2H3,(H,31,34). The fourth-order valence-electron chi connectivity index (χ4n) is 3.41. The maximum Gasteiger partial charge on any atom is 0.573 e. The van der Waals surface area contributed by atoms with Crippen molar-refractivity contribution in [2.75, 3.05) is 0 Å². The number of nitrogens with one attached hydrogen (secondary N) is 1. The van der Waals surface area contributed by atoms with Crippen LogP contribution in [0.3, 0.4) is 0 Å². The number of ether oxygens (including phenoxy) is 1. The van der Waals surface area contributed by atoms with Crippen LogP contribution in [0.4, 0.5) is 13.2 Å². The predicted molar refractivity (Wildman–Crippen MR) is 120 cm³/mol. The first-order chi connectivity index (χ1) is 16.5. The van der Waals surface area contributed by atoms with Crippen LogP contribution >= 0.6 is 11.6 Å². The van der Waals surface area contributed by atoms with Crippen molar-refractivity contribution in [1.29, 1.82) is 5.26 Å². The van der Waals surface area contributed by atoms with Gasteiger partial charge in [-0.1, -0.05) is 11.6 Å². The third kappa shape index (κ3) is 5.33. The molecule has 3 heterocycles. The van der Waals surface area contributed by atoms with Gasteiger partial charge in [0.25, 0.3) is 5.91 Å². The zero-order valence-corrected chi connectivity index (χ0v) is 19.0. The molecule has 1 atom stereocenters. The maximum absolute atomic E-state index is 12.9. The molecule has 1 N–H and O–H groups in total. The highest BCUT2D eigenvalue weighted by molar-refractivity contribution is 6.31. The maximum atomic E-state index is 12.9. The number of halogens is 4. The number of fused-ring (bicyclic) bond motifs is 1. The summed E-state index contributed by atoms with van der Waals surface area (Å²) < 4.78 is 43.4. The van der Waals surface area contributed by atoms with Crippen LogP contribution in [-0.4, -0.2) is 31.8 Å². The van der Waals surface area contributed by atoms with Crippen LogP contribution in [0.25, 0.3) is 17.0 Å². The number of carbonyl (C=O) groups is 1. The molecule has 0 saturated carbocycles. The van der Waals surface area contributed by atoms with E-state index in [1.165, 1.54) is 12.3 Å². The Balaban J connectivity index is 1.70. The third-order valence-electron chi connectivity index (χ3n) is 4.87. The number of hydrogen-bond donors (Lipinski definition) is 1. The van der Waals surface area contributed by atoms with Crippen molar-refractivity contribution in [2.24, 2.45) is 0 Å². The second-order valence-corrected chi connectivity index (χ2v) is 8.03. The molecule has 0 aliphatic rings. The lowest BCUT2D eigenvalue weighted by Crippen LogP contribution is -2.29. The number of imidazole rings is 1. The number of hydrogen-bond acceptors (Lipinski definition) is 6. The lowest BCUT2D eigenvalue weighted by Gasteiger charge is -2.16. The molecular weight excluding hydrogens is 485 g/mol. The molecule has 1 unspecified atom stereocenters. The average Bonchev–Trinajstić information content (AvgIpc) is 3.16. The molecule has 0 aliphatic heterocycles. The van der Waals surface area contributed by atoms with Gasteiger partial charge >= 0.3 is 6.36 Å². The molecule has 35 heavy (non-hydrogen) atoms. The molecule has 3 aromatic heterocycles. The molecule has 12 heteroatoms. The number of alkyl halides is 3. The molecule has 0 bridgehead atoms. The zero-order chi connectivity index (χ0) is 25.3.